The number of aliphatic hydroxyl groups excluding tert-OH is 1. The monoisotopic (exact) mass is 250 g/mol. The van der Waals surface area contributed by atoms with Crippen molar-refractivity contribution >= 4 is 11.6 Å². The number of hydrogen-bond donors (Lipinski definition) is 2. The summed E-state index contributed by atoms with van der Waals surface area (Å²) in [7, 11) is 2.00. The smallest absolute Gasteiger partial charge is 0.136 e. The molecule has 1 heterocycles. The van der Waals surface area contributed by atoms with Crippen molar-refractivity contribution < 1.29 is 5.11 Å². The fourth-order valence-corrected chi connectivity index (χ4v) is 1.87. The van der Waals surface area contributed by atoms with Crippen LogP contribution in [0.4, 0.5) is 11.6 Å². The Hall–Kier alpha value is -1.36. The van der Waals surface area contributed by atoms with Crippen LogP contribution in [0.15, 0.2) is 6.07 Å². The molecule has 0 atom stereocenters. The standard InChI is InChI=1S/C13H22N4O/c1-3-14-11-9-12(17(2)7-4-8-18)16-13(15-11)10-5-6-10/h9-10,18H,3-8H2,1-2H3,(H,14,15,16). The van der Waals surface area contributed by atoms with Crippen molar-refractivity contribution in [3.63, 3.8) is 0 Å². The summed E-state index contributed by atoms with van der Waals surface area (Å²) in [5.41, 5.74) is 0. The molecule has 2 N–H and O–H groups in total. The highest BCUT2D eigenvalue weighted by atomic mass is 16.3. The van der Waals surface area contributed by atoms with Crippen LogP contribution < -0.4 is 10.2 Å². The molecule has 0 amide bonds. The summed E-state index contributed by atoms with van der Waals surface area (Å²) in [6.45, 7) is 3.95. The Bertz CT molecular complexity index is 393. The fourth-order valence-electron chi connectivity index (χ4n) is 1.87. The molecule has 18 heavy (non-hydrogen) atoms. The van der Waals surface area contributed by atoms with Gasteiger partial charge in [-0.2, -0.15) is 0 Å². The molecule has 0 unspecified atom stereocenters. The zero-order valence-electron chi connectivity index (χ0n) is 11.2. The van der Waals surface area contributed by atoms with E-state index in [2.05, 4.69) is 27.1 Å². The molecule has 0 aliphatic heterocycles. The number of nitrogens with one attached hydrogen (secondary N) is 1. The molecular formula is C13H22N4O. The third-order valence-electron chi connectivity index (χ3n) is 3.07. The quantitative estimate of drug-likeness (QED) is 0.769. The molecule has 1 saturated carbocycles. The van der Waals surface area contributed by atoms with Crippen molar-refractivity contribution in [2.75, 3.05) is 37.0 Å². The zero-order valence-corrected chi connectivity index (χ0v) is 11.2. The van der Waals surface area contributed by atoms with Gasteiger partial charge in [0, 0.05) is 38.7 Å². The second kappa shape index (κ2) is 6.00. The van der Waals surface area contributed by atoms with E-state index in [0.717, 1.165) is 37.0 Å². The number of hydrogen-bond acceptors (Lipinski definition) is 5. The Labute approximate surface area is 108 Å². The lowest BCUT2D eigenvalue weighted by molar-refractivity contribution is 0.290. The van der Waals surface area contributed by atoms with Crippen LogP contribution in [-0.4, -0.2) is 41.8 Å². The van der Waals surface area contributed by atoms with E-state index in [9.17, 15) is 0 Å². The summed E-state index contributed by atoms with van der Waals surface area (Å²) in [4.78, 5) is 11.2. The van der Waals surface area contributed by atoms with E-state index >= 15 is 0 Å². The summed E-state index contributed by atoms with van der Waals surface area (Å²) in [5, 5.41) is 12.1. The Morgan fingerprint density at radius 1 is 1.44 bits per heavy atom. The second-order valence-electron chi connectivity index (χ2n) is 4.77. The summed E-state index contributed by atoms with van der Waals surface area (Å²) in [6.07, 6.45) is 3.17. The average molecular weight is 250 g/mol. The van der Waals surface area contributed by atoms with Crippen LogP contribution >= 0.6 is 0 Å². The third-order valence-corrected chi connectivity index (χ3v) is 3.07. The first-order chi connectivity index (χ1) is 8.74. The molecule has 5 nitrogen and oxygen atoms in total. The Morgan fingerprint density at radius 2 is 2.22 bits per heavy atom. The highest BCUT2D eigenvalue weighted by Crippen LogP contribution is 2.39. The summed E-state index contributed by atoms with van der Waals surface area (Å²) < 4.78 is 0. The highest BCUT2D eigenvalue weighted by Gasteiger charge is 2.27. The number of aliphatic hydroxyl groups is 1. The predicted octanol–water partition coefficient (Wildman–Crippen LogP) is 1.60. The van der Waals surface area contributed by atoms with Crippen LogP contribution in [0.3, 0.4) is 0 Å². The van der Waals surface area contributed by atoms with Gasteiger partial charge in [-0.3, -0.25) is 0 Å². The second-order valence-corrected chi connectivity index (χ2v) is 4.77. The Morgan fingerprint density at radius 3 is 2.83 bits per heavy atom. The van der Waals surface area contributed by atoms with Gasteiger partial charge in [0.05, 0.1) is 0 Å². The van der Waals surface area contributed by atoms with E-state index in [1.165, 1.54) is 12.8 Å². The molecule has 5 heteroatoms. The molecule has 2 rings (SSSR count). The van der Waals surface area contributed by atoms with Crippen molar-refractivity contribution in [1.82, 2.24) is 9.97 Å². The first-order valence-electron chi connectivity index (χ1n) is 6.69. The summed E-state index contributed by atoms with van der Waals surface area (Å²) >= 11 is 0. The normalized spacial score (nSPS) is 14.6. The maximum atomic E-state index is 8.88. The number of nitrogens with zero attached hydrogens (tertiary/aromatic N) is 3. The summed E-state index contributed by atoms with van der Waals surface area (Å²) in [6, 6.07) is 1.98. The Kier molecular flexibility index (Phi) is 4.36. The molecule has 1 aliphatic carbocycles. The van der Waals surface area contributed by atoms with Gasteiger partial charge in [0.1, 0.15) is 17.5 Å². The molecule has 1 aromatic rings. The first kappa shape index (κ1) is 13.1. The van der Waals surface area contributed by atoms with Gasteiger partial charge < -0.3 is 15.3 Å². The van der Waals surface area contributed by atoms with E-state index in [4.69, 9.17) is 5.11 Å². The van der Waals surface area contributed by atoms with E-state index in [0.29, 0.717) is 5.92 Å². The predicted molar refractivity (Wildman–Crippen MR) is 73.1 cm³/mol. The number of aromatic nitrogens is 2. The van der Waals surface area contributed by atoms with Crippen LogP contribution in [0.1, 0.15) is 37.9 Å². The van der Waals surface area contributed by atoms with Gasteiger partial charge in [0.2, 0.25) is 0 Å². The highest BCUT2D eigenvalue weighted by molar-refractivity contribution is 5.49. The third kappa shape index (κ3) is 3.32. The van der Waals surface area contributed by atoms with Gasteiger partial charge >= 0.3 is 0 Å². The summed E-state index contributed by atoms with van der Waals surface area (Å²) in [5.74, 6) is 3.35. The van der Waals surface area contributed by atoms with E-state index in [1.807, 2.05) is 13.1 Å². The van der Waals surface area contributed by atoms with Gasteiger partial charge in [-0.25, -0.2) is 9.97 Å². The molecule has 1 fully saturated rings. The molecule has 0 bridgehead atoms. The van der Waals surface area contributed by atoms with Gasteiger partial charge in [0.15, 0.2) is 0 Å². The van der Waals surface area contributed by atoms with E-state index in [-0.39, 0.29) is 6.61 Å². The lowest BCUT2D eigenvalue weighted by Gasteiger charge is -2.19. The van der Waals surface area contributed by atoms with Crippen LogP contribution in [0, 0.1) is 0 Å². The largest absolute Gasteiger partial charge is 0.396 e. The van der Waals surface area contributed by atoms with Crippen molar-refractivity contribution in [3.05, 3.63) is 11.9 Å². The first-order valence-corrected chi connectivity index (χ1v) is 6.69. The van der Waals surface area contributed by atoms with Gasteiger partial charge in [-0.1, -0.05) is 0 Å². The van der Waals surface area contributed by atoms with Crippen molar-refractivity contribution in [2.24, 2.45) is 0 Å². The minimum Gasteiger partial charge on any atom is -0.396 e. The molecule has 0 spiro atoms. The molecule has 0 saturated heterocycles. The topological polar surface area (TPSA) is 61.3 Å². The molecule has 0 aromatic carbocycles. The molecule has 1 aromatic heterocycles. The van der Waals surface area contributed by atoms with Gasteiger partial charge in [-0.15, -0.1) is 0 Å². The number of anilines is 2. The minimum atomic E-state index is 0.213. The van der Waals surface area contributed by atoms with Crippen molar-refractivity contribution in [1.29, 1.82) is 0 Å². The van der Waals surface area contributed by atoms with E-state index < -0.39 is 0 Å². The molecule has 1 aliphatic rings. The SMILES string of the molecule is CCNc1cc(N(C)CCCO)nc(C2CC2)n1. The zero-order chi connectivity index (χ0) is 13.0. The Balaban J connectivity index is 2.16. The van der Waals surface area contributed by atoms with Crippen LogP contribution in [0.5, 0.6) is 0 Å². The molecular weight excluding hydrogens is 228 g/mol. The maximum Gasteiger partial charge on any atom is 0.136 e. The number of rotatable bonds is 7. The van der Waals surface area contributed by atoms with Crippen LogP contribution in [0.25, 0.3) is 0 Å². The lowest BCUT2D eigenvalue weighted by atomic mass is 10.3. The lowest BCUT2D eigenvalue weighted by Crippen LogP contribution is -2.21. The average Bonchev–Trinajstić information content (AvgIpc) is 3.20. The van der Waals surface area contributed by atoms with Gasteiger partial charge in [-0.05, 0) is 26.2 Å². The minimum absolute atomic E-state index is 0.213. The fraction of sp³-hybridized carbons (Fsp3) is 0.692. The van der Waals surface area contributed by atoms with Crippen molar-refractivity contribution in [2.45, 2.75) is 32.1 Å². The molecule has 100 valence electrons. The van der Waals surface area contributed by atoms with Crippen molar-refractivity contribution in [3.8, 4) is 0 Å². The van der Waals surface area contributed by atoms with Crippen LogP contribution in [0.2, 0.25) is 0 Å². The van der Waals surface area contributed by atoms with Gasteiger partial charge in [0.25, 0.3) is 0 Å². The van der Waals surface area contributed by atoms with E-state index in [1.54, 1.807) is 0 Å². The maximum absolute atomic E-state index is 8.88. The van der Waals surface area contributed by atoms with Crippen LogP contribution in [-0.2, 0) is 0 Å². The molecule has 0 radical (unpaired) electrons.